The topological polar surface area (TPSA) is 35.9 Å². The molecule has 5 rings (SSSR count). The number of ether oxygens (including phenoxy) is 1. The van der Waals surface area contributed by atoms with Crippen molar-refractivity contribution in [1.82, 2.24) is 9.80 Å². The first-order valence-corrected chi connectivity index (χ1v) is 10.5. The van der Waals surface area contributed by atoms with Gasteiger partial charge in [0, 0.05) is 24.5 Å². The lowest BCUT2D eigenvalue weighted by Gasteiger charge is -2.45. The summed E-state index contributed by atoms with van der Waals surface area (Å²) in [6, 6.07) is 1.86. The van der Waals surface area contributed by atoms with Crippen molar-refractivity contribution >= 4 is 0 Å². The first-order chi connectivity index (χ1) is 12.1. The SMILES string of the molecule is CN(C)[C@@H]1C=CC([C@H]2CC3CC4(OC(O)CC24)C2CCCCN32)CC1. The number of piperidine rings is 1. The van der Waals surface area contributed by atoms with Gasteiger partial charge in [-0.05, 0) is 76.9 Å². The molecule has 3 aliphatic heterocycles. The fraction of sp³-hybridized carbons (Fsp3) is 0.905. The summed E-state index contributed by atoms with van der Waals surface area (Å²) in [5.41, 5.74) is -0.0420. The molecule has 1 spiro atoms. The van der Waals surface area contributed by atoms with Crippen LogP contribution in [-0.2, 0) is 4.74 Å². The Hall–Kier alpha value is -0.420. The van der Waals surface area contributed by atoms with E-state index in [9.17, 15) is 5.11 Å². The molecule has 1 saturated carbocycles. The molecule has 4 nitrogen and oxygen atoms in total. The minimum Gasteiger partial charge on any atom is -0.368 e. The number of hydrogen-bond donors (Lipinski definition) is 1. The van der Waals surface area contributed by atoms with Gasteiger partial charge in [0.15, 0.2) is 6.29 Å². The summed E-state index contributed by atoms with van der Waals surface area (Å²) in [5, 5.41) is 10.4. The van der Waals surface area contributed by atoms with Crippen LogP contribution in [0.25, 0.3) is 0 Å². The van der Waals surface area contributed by atoms with E-state index in [0.717, 1.165) is 6.42 Å². The Bertz CT molecular complexity index is 550. The highest BCUT2D eigenvalue weighted by Gasteiger charge is 2.66. The summed E-state index contributed by atoms with van der Waals surface area (Å²) in [7, 11) is 4.37. The van der Waals surface area contributed by atoms with Crippen molar-refractivity contribution in [3.63, 3.8) is 0 Å². The predicted octanol–water partition coefficient (Wildman–Crippen LogP) is 2.62. The fourth-order valence-electron chi connectivity index (χ4n) is 7.19. The molecule has 0 aromatic heterocycles. The average molecular weight is 347 g/mol. The molecule has 3 heterocycles. The Morgan fingerprint density at radius 3 is 2.76 bits per heavy atom. The van der Waals surface area contributed by atoms with Crippen molar-refractivity contribution in [2.45, 2.75) is 81.4 Å². The number of aliphatic hydroxyl groups excluding tert-OH is 1. The van der Waals surface area contributed by atoms with E-state index in [0.29, 0.717) is 35.9 Å². The van der Waals surface area contributed by atoms with E-state index in [4.69, 9.17) is 4.74 Å². The Labute approximate surface area is 152 Å². The second-order valence-electron chi connectivity index (χ2n) is 9.53. The third kappa shape index (κ3) is 2.48. The van der Waals surface area contributed by atoms with Gasteiger partial charge in [-0.2, -0.15) is 0 Å². The Kier molecular flexibility index (Phi) is 4.05. The maximum absolute atomic E-state index is 10.4. The molecule has 25 heavy (non-hydrogen) atoms. The molecule has 4 heteroatoms. The van der Waals surface area contributed by atoms with Crippen LogP contribution in [0, 0.1) is 17.8 Å². The van der Waals surface area contributed by atoms with Crippen LogP contribution in [0.5, 0.6) is 0 Å². The molecule has 140 valence electrons. The van der Waals surface area contributed by atoms with Crippen LogP contribution in [0.2, 0.25) is 0 Å². The Morgan fingerprint density at radius 2 is 2.00 bits per heavy atom. The molecule has 0 aromatic rings. The van der Waals surface area contributed by atoms with Crippen LogP contribution in [-0.4, -0.2) is 65.6 Å². The van der Waals surface area contributed by atoms with Gasteiger partial charge >= 0.3 is 0 Å². The largest absolute Gasteiger partial charge is 0.368 e. The zero-order valence-electron chi connectivity index (χ0n) is 15.8. The lowest BCUT2D eigenvalue weighted by Crippen LogP contribution is -2.52. The van der Waals surface area contributed by atoms with Crippen molar-refractivity contribution in [3.05, 3.63) is 12.2 Å². The van der Waals surface area contributed by atoms with Gasteiger partial charge in [0.2, 0.25) is 0 Å². The highest BCUT2D eigenvalue weighted by molar-refractivity contribution is 5.19. The predicted molar refractivity (Wildman–Crippen MR) is 98.1 cm³/mol. The molecule has 8 atom stereocenters. The monoisotopic (exact) mass is 346 g/mol. The first kappa shape index (κ1) is 16.7. The van der Waals surface area contributed by atoms with Gasteiger partial charge in [-0.3, -0.25) is 4.90 Å². The van der Waals surface area contributed by atoms with E-state index in [-0.39, 0.29) is 5.60 Å². The van der Waals surface area contributed by atoms with E-state index in [1.165, 1.54) is 51.5 Å². The summed E-state index contributed by atoms with van der Waals surface area (Å²) in [4.78, 5) is 5.12. The van der Waals surface area contributed by atoms with Crippen LogP contribution >= 0.6 is 0 Å². The number of allylic oxidation sites excluding steroid dienone is 1. The van der Waals surface area contributed by atoms with Crippen molar-refractivity contribution in [2.75, 3.05) is 20.6 Å². The summed E-state index contributed by atoms with van der Waals surface area (Å²) in [5.74, 6) is 1.93. The van der Waals surface area contributed by atoms with Crippen molar-refractivity contribution in [1.29, 1.82) is 0 Å². The molecule has 0 aromatic carbocycles. The number of fused-ring (bicyclic) bond motifs is 3. The standard InChI is InChI=1S/C21H34N2O2/c1-22(2)15-8-6-14(7-9-15)17-11-16-13-21(18(17)12-20(24)25-21)19-5-3-4-10-23(16)19/h6,8,14-20,24H,3-5,7,9-13H2,1-2H3/t14?,15-,16?,17-,18?,19?,20?,21?/m1/s1. The number of likely N-dealkylation sites (N-methyl/N-ethyl adjacent to an activating group) is 1. The van der Waals surface area contributed by atoms with Gasteiger partial charge in [-0.25, -0.2) is 0 Å². The molecule has 1 N–H and O–H groups in total. The zero-order valence-corrected chi connectivity index (χ0v) is 15.8. The van der Waals surface area contributed by atoms with Crippen molar-refractivity contribution < 1.29 is 9.84 Å². The third-order valence-electron chi connectivity index (χ3n) is 8.22. The smallest absolute Gasteiger partial charge is 0.155 e. The first-order valence-electron chi connectivity index (χ1n) is 10.5. The summed E-state index contributed by atoms with van der Waals surface area (Å²) >= 11 is 0. The lowest BCUT2D eigenvalue weighted by molar-refractivity contribution is -0.161. The average Bonchev–Trinajstić information content (AvgIpc) is 3.10. The molecular formula is C21H34N2O2. The van der Waals surface area contributed by atoms with Crippen LogP contribution in [0.15, 0.2) is 12.2 Å². The van der Waals surface area contributed by atoms with Gasteiger partial charge in [0.05, 0.1) is 5.60 Å². The van der Waals surface area contributed by atoms with Crippen LogP contribution in [0.4, 0.5) is 0 Å². The number of aliphatic hydroxyl groups is 1. The highest BCUT2D eigenvalue weighted by atomic mass is 16.6. The zero-order chi connectivity index (χ0) is 17.2. The molecule has 0 radical (unpaired) electrons. The number of rotatable bonds is 2. The normalized spacial score (nSPS) is 52.4. The van der Waals surface area contributed by atoms with Gasteiger partial charge in [0.1, 0.15) is 0 Å². The highest BCUT2D eigenvalue weighted by Crippen LogP contribution is 2.60. The summed E-state index contributed by atoms with van der Waals surface area (Å²) < 4.78 is 6.38. The molecular weight excluding hydrogens is 312 g/mol. The van der Waals surface area contributed by atoms with Gasteiger partial charge in [0.25, 0.3) is 0 Å². The Morgan fingerprint density at radius 1 is 1.12 bits per heavy atom. The van der Waals surface area contributed by atoms with E-state index in [1.807, 2.05) is 0 Å². The van der Waals surface area contributed by atoms with Crippen molar-refractivity contribution in [2.24, 2.45) is 17.8 Å². The van der Waals surface area contributed by atoms with Crippen LogP contribution < -0.4 is 0 Å². The Balaban J connectivity index is 1.44. The molecule has 4 fully saturated rings. The van der Waals surface area contributed by atoms with Crippen molar-refractivity contribution in [3.8, 4) is 0 Å². The minimum absolute atomic E-state index is 0.0420. The molecule has 2 bridgehead atoms. The lowest BCUT2D eigenvalue weighted by atomic mass is 9.62. The molecule has 5 aliphatic rings. The van der Waals surface area contributed by atoms with Gasteiger partial charge in [-0.15, -0.1) is 0 Å². The quantitative estimate of drug-likeness (QED) is 0.780. The summed E-state index contributed by atoms with van der Waals surface area (Å²) in [6.45, 7) is 1.25. The van der Waals surface area contributed by atoms with E-state index < -0.39 is 6.29 Å². The molecule has 2 aliphatic carbocycles. The van der Waals surface area contributed by atoms with E-state index >= 15 is 0 Å². The maximum atomic E-state index is 10.4. The maximum Gasteiger partial charge on any atom is 0.155 e. The van der Waals surface area contributed by atoms with Gasteiger partial charge in [-0.1, -0.05) is 18.6 Å². The second-order valence-corrected chi connectivity index (χ2v) is 9.53. The molecule has 3 saturated heterocycles. The number of nitrogens with zero attached hydrogens (tertiary/aromatic N) is 2. The fourth-order valence-corrected chi connectivity index (χ4v) is 7.19. The summed E-state index contributed by atoms with van der Waals surface area (Å²) in [6.07, 6.45) is 14.3. The minimum atomic E-state index is -0.532. The van der Waals surface area contributed by atoms with Crippen LogP contribution in [0.3, 0.4) is 0 Å². The van der Waals surface area contributed by atoms with E-state index in [2.05, 4.69) is 36.0 Å². The van der Waals surface area contributed by atoms with E-state index in [1.54, 1.807) is 0 Å². The van der Waals surface area contributed by atoms with Gasteiger partial charge < -0.3 is 14.7 Å². The third-order valence-corrected chi connectivity index (χ3v) is 8.22. The van der Waals surface area contributed by atoms with Crippen LogP contribution in [0.1, 0.15) is 51.4 Å². The second kappa shape index (κ2) is 6.05. The number of hydrogen-bond acceptors (Lipinski definition) is 4. The molecule has 0 amide bonds. The molecule has 6 unspecified atom stereocenters.